The van der Waals surface area contributed by atoms with E-state index in [2.05, 4.69) is 22.5 Å². The highest BCUT2D eigenvalue weighted by Crippen LogP contribution is 2.15. The maximum absolute atomic E-state index is 13.1. The van der Waals surface area contributed by atoms with Gasteiger partial charge in [-0.3, -0.25) is 9.59 Å². The lowest BCUT2D eigenvalue weighted by atomic mass is 10.1. The van der Waals surface area contributed by atoms with E-state index in [-0.39, 0.29) is 29.9 Å². The SMILES string of the molecule is CC(CCc1ccccc1)NC(=O)Cn1nc(-c2ccc(F)cc2)ccc1=O. The summed E-state index contributed by atoms with van der Waals surface area (Å²) in [7, 11) is 0. The van der Waals surface area contributed by atoms with E-state index in [1.807, 2.05) is 25.1 Å². The maximum Gasteiger partial charge on any atom is 0.267 e. The molecular formula is C22H22FN3O2. The first-order valence-electron chi connectivity index (χ1n) is 9.18. The average molecular weight is 379 g/mol. The standard InChI is InChI=1S/C22H22FN3O2/c1-16(7-8-17-5-3-2-4-6-17)24-21(27)15-26-22(28)14-13-20(25-26)18-9-11-19(23)12-10-18/h2-6,9-14,16H,7-8,15H2,1H3,(H,24,27). The summed E-state index contributed by atoms with van der Waals surface area (Å²) >= 11 is 0. The molecule has 6 heteroatoms. The fourth-order valence-corrected chi connectivity index (χ4v) is 2.89. The molecule has 0 spiro atoms. The van der Waals surface area contributed by atoms with E-state index in [0.29, 0.717) is 11.3 Å². The molecule has 0 saturated heterocycles. The van der Waals surface area contributed by atoms with Gasteiger partial charge < -0.3 is 5.32 Å². The monoisotopic (exact) mass is 379 g/mol. The Morgan fingerprint density at radius 3 is 2.50 bits per heavy atom. The molecule has 2 aromatic carbocycles. The van der Waals surface area contributed by atoms with Gasteiger partial charge in [0.1, 0.15) is 12.4 Å². The summed E-state index contributed by atoms with van der Waals surface area (Å²) in [5, 5.41) is 7.14. The van der Waals surface area contributed by atoms with E-state index in [4.69, 9.17) is 0 Å². The first-order valence-corrected chi connectivity index (χ1v) is 9.18. The summed E-state index contributed by atoms with van der Waals surface area (Å²) < 4.78 is 14.2. The van der Waals surface area contributed by atoms with Crippen LogP contribution in [0.1, 0.15) is 18.9 Å². The first-order chi connectivity index (χ1) is 13.5. The van der Waals surface area contributed by atoms with E-state index in [1.54, 1.807) is 18.2 Å². The van der Waals surface area contributed by atoms with E-state index < -0.39 is 0 Å². The number of carbonyl (C=O) groups is 1. The largest absolute Gasteiger partial charge is 0.352 e. The highest BCUT2D eigenvalue weighted by molar-refractivity contribution is 5.76. The minimum atomic E-state index is -0.363. The van der Waals surface area contributed by atoms with Crippen LogP contribution in [0.25, 0.3) is 11.3 Å². The maximum atomic E-state index is 13.1. The zero-order valence-corrected chi connectivity index (χ0v) is 15.6. The Kier molecular flexibility index (Phi) is 6.32. The Morgan fingerprint density at radius 2 is 1.79 bits per heavy atom. The molecule has 1 atom stereocenters. The zero-order chi connectivity index (χ0) is 19.9. The summed E-state index contributed by atoms with van der Waals surface area (Å²) in [6.45, 7) is 1.77. The molecule has 28 heavy (non-hydrogen) atoms. The number of carbonyl (C=O) groups excluding carboxylic acids is 1. The smallest absolute Gasteiger partial charge is 0.267 e. The third-order valence-electron chi connectivity index (χ3n) is 4.42. The van der Waals surface area contributed by atoms with Crippen molar-refractivity contribution in [2.75, 3.05) is 0 Å². The molecule has 144 valence electrons. The normalized spacial score (nSPS) is 11.8. The fourth-order valence-electron chi connectivity index (χ4n) is 2.89. The number of benzene rings is 2. The van der Waals surface area contributed by atoms with Gasteiger partial charge in [-0.15, -0.1) is 0 Å². The quantitative estimate of drug-likeness (QED) is 0.686. The molecule has 5 nitrogen and oxygen atoms in total. The van der Waals surface area contributed by atoms with Gasteiger partial charge in [0.05, 0.1) is 5.69 Å². The Balaban J connectivity index is 1.61. The Labute approximate surface area is 162 Å². The number of amides is 1. The van der Waals surface area contributed by atoms with E-state index in [9.17, 15) is 14.0 Å². The zero-order valence-electron chi connectivity index (χ0n) is 15.6. The topological polar surface area (TPSA) is 64.0 Å². The van der Waals surface area contributed by atoms with Crippen molar-refractivity contribution >= 4 is 5.91 Å². The predicted molar refractivity (Wildman–Crippen MR) is 106 cm³/mol. The lowest BCUT2D eigenvalue weighted by Crippen LogP contribution is -2.38. The second kappa shape index (κ2) is 9.08. The Bertz CT molecular complexity index is 985. The van der Waals surface area contributed by atoms with Crippen LogP contribution < -0.4 is 10.9 Å². The number of nitrogens with one attached hydrogen (secondary N) is 1. The van der Waals surface area contributed by atoms with Crippen molar-refractivity contribution in [1.29, 1.82) is 0 Å². The molecule has 1 aromatic heterocycles. The lowest BCUT2D eigenvalue weighted by Gasteiger charge is -2.14. The summed E-state index contributed by atoms with van der Waals surface area (Å²) in [5.74, 6) is -0.618. The number of hydrogen-bond donors (Lipinski definition) is 1. The van der Waals surface area contributed by atoms with Crippen LogP contribution in [0, 0.1) is 5.82 Å². The predicted octanol–water partition coefficient (Wildman–Crippen LogP) is 3.19. The molecule has 0 radical (unpaired) electrons. The number of nitrogens with zero attached hydrogens (tertiary/aromatic N) is 2. The molecule has 1 heterocycles. The van der Waals surface area contributed by atoms with E-state index in [0.717, 1.165) is 17.5 Å². The van der Waals surface area contributed by atoms with Crippen LogP contribution in [0.3, 0.4) is 0 Å². The molecule has 1 amide bonds. The van der Waals surface area contributed by atoms with Gasteiger partial charge in [0.15, 0.2) is 0 Å². The van der Waals surface area contributed by atoms with Crippen LogP contribution in [-0.4, -0.2) is 21.7 Å². The van der Waals surface area contributed by atoms with Gasteiger partial charge in [0.25, 0.3) is 5.56 Å². The third kappa shape index (κ3) is 5.36. The van der Waals surface area contributed by atoms with Gasteiger partial charge >= 0.3 is 0 Å². The van der Waals surface area contributed by atoms with Crippen LogP contribution in [0.5, 0.6) is 0 Å². The van der Waals surface area contributed by atoms with E-state index in [1.165, 1.54) is 23.8 Å². The molecule has 3 rings (SSSR count). The molecular weight excluding hydrogens is 357 g/mol. The fraction of sp³-hybridized carbons (Fsp3) is 0.227. The average Bonchev–Trinajstić information content (AvgIpc) is 2.69. The molecule has 0 fully saturated rings. The van der Waals surface area contributed by atoms with Gasteiger partial charge in [0.2, 0.25) is 5.91 Å². The lowest BCUT2D eigenvalue weighted by molar-refractivity contribution is -0.122. The van der Waals surface area contributed by atoms with Crippen LogP contribution in [-0.2, 0) is 17.8 Å². The molecule has 0 bridgehead atoms. The van der Waals surface area contributed by atoms with Crippen molar-refractivity contribution in [3.63, 3.8) is 0 Å². The van der Waals surface area contributed by atoms with E-state index >= 15 is 0 Å². The number of halogens is 1. The molecule has 0 aliphatic rings. The van der Waals surface area contributed by atoms with Crippen molar-refractivity contribution in [3.05, 3.63) is 88.5 Å². The second-order valence-electron chi connectivity index (χ2n) is 6.71. The molecule has 1 unspecified atom stereocenters. The van der Waals surface area contributed by atoms with Gasteiger partial charge in [-0.05, 0) is 55.7 Å². The molecule has 0 saturated carbocycles. The van der Waals surface area contributed by atoms with Crippen molar-refractivity contribution in [1.82, 2.24) is 15.1 Å². The number of hydrogen-bond acceptors (Lipinski definition) is 3. The number of aromatic nitrogens is 2. The van der Waals surface area contributed by atoms with Gasteiger partial charge in [-0.2, -0.15) is 5.10 Å². The molecule has 1 N–H and O–H groups in total. The summed E-state index contributed by atoms with van der Waals surface area (Å²) in [6, 6.07) is 18.8. The Hall–Kier alpha value is -3.28. The minimum Gasteiger partial charge on any atom is -0.352 e. The minimum absolute atomic E-state index is 0.0244. The number of aryl methyl sites for hydroxylation is 1. The highest BCUT2D eigenvalue weighted by Gasteiger charge is 2.11. The number of rotatable bonds is 7. The molecule has 0 aliphatic heterocycles. The first kappa shape index (κ1) is 19.5. The molecule has 3 aromatic rings. The van der Waals surface area contributed by atoms with Crippen molar-refractivity contribution in [2.24, 2.45) is 0 Å². The highest BCUT2D eigenvalue weighted by atomic mass is 19.1. The summed E-state index contributed by atoms with van der Waals surface area (Å²) in [4.78, 5) is 24.4. The molecule has 0 aliphatic carbocycles. The van der Waals surface area contributed by atoms with Crippen molar-refractivity contribution < 1.29 is 9.18 Å². The third-order valence-corrected chi connectivity index (χ3v) is 4.42. The van der Waals surface area contributed by atoms with Crippen LogP contribution >= 0.6 is 0 Å². The van der Waals surface area contributed by atoms with Gasteiger partial charge in [-0.1, -0.05) is 30.3 Å². The van der Waals surface area contributed by atoms with Gasteiger partial charge in [-0.25, -0.2) is 9.07 Å². The Morgan fingerprint density at radius 1 is 1.07 bits per heavy atom. The van der Waals surface area contributed by atoms with Crippen molar-refractivity contribution in [2.45, 2.75) is 32.4 Å². The summed E-state index contributed by atoms with van der Waals surface area (Å²) in [6.07, 6.45) is 1.66. The van der Waals surface area contributed by atoms with Crippen LogP contribution in [0.15, 0.2) is 71.5 Å². The summed E-state index contributed by atoms with van der Waals surface area (Å²) in [5.41, 5.74) is 2.03. The van der Waals surface area contributed by atoms with Crippen LogP contribution in [0.2, 0.25) is 0 Å². The second-order valence-corrected chi connectivity index (χ2v) is 6.71. The van der Waals surface area contributed by atoms with Crippen LogP contribution in [0.4, 0.5) is 4.39 Å². The van der Waals surface area contributed by atoms with Gasteiger partial charge in [0, 0.05) is 17.7 Å². The van der Waals surface area contributed by atoms with Crippen molar-refractivity contribution in [3.8, 4) is 11.3 Å².